The Morgan fingerprint density at radius 1 is 1.56 bits per heavy atom. The molecule has 5 heteroatoms. The first-order chi connectivity index (χ1) is 7.52. The van der Waals surface area contributed by atoms with Gasteiger partial charge in [0.1, 0.15) is 0 Å². The molecule has 0 aliphatic rings. The molecular weight excluding hydrogens is 222 g/mol. The first-order valence-electron chi connectivity index (χ1n) is 4.98. The van der Waals surface area contributed by atoms with Gasteiger partial charge in [0.05, 0.1) is 4.99 Å². The van der Waals surface area contributed by atoms with Crippen molar-refractivity contribution in [2.45, 2.75) is 19.4 Å². The van der Waals surface area contributed by atoms with Gasteiger partial charge >= 0.3 is 0 Å². The van der Waals surface area contributed by atoms with E-state index in [0.29, 0.717) is 17.0 Å². The maximum atomic E-state index is 12.0. The minimum Gasteiger partial charge on any atom is -0.393 e. The predicted octanol–water partition coefficient (Wildman–Crippen LogP) is 1.22. The van der Waals surface area contributed by atoms with Gasteiger partial charge in [-0.05, 0) is 19.1 Å². The first-order valence-corrected chi connectivity index (χ1v) is 5.38. The number of amides is 1. The Bertz CT molecular complexity index is 380. The highest BCUT2D eigenvalue weighted by Gasteiger charge is 2.17. The van der Waals surface area contributed by atoms with Gasteiger partial charge < -0.3 is 10.6 Å². The lowest BCUT2D eigenvalue weighted by Crippen LogP contribution is -2.37. The number of rotatable bonds is 4. The second-order valence-corrected chi connectivity index (χ2v) is 4.20. The summed E-state index contributed by atoms with van der Waals surface area (Å²) >= 11 is 4.82. The Hall–Kier alpha value is -1.49. The highest BCUT2D eigenvalue weighted by atomic mass is 32.1. The monoisotopic (exact) mass is 237 g/mol. The van der Waals surface area contributed by atoms with Crippen molar-refractivity contribution in [1.29, 1.82) is 0 Å². The van der Waals surface area contributed by atoms with Gasteiger partial charge in [0.2, 0.25) is 0 Å². The molecule has 0 aromatic carbocycles. The van der Waals surface area contributed by atoms with Crippen LogP contribution in [0.5, 0.6) is 0 Å². The molecule has 0 saturated carbocycles. The van der Waals surface area contributed by atoms with Crippen molar-refractivity contribution >= 4 is 23.1 Å². The van der Waals surface area contributed by atoms with Gasteiger partial charge in [-0.15, -0.1) is 0 Å². The van der Waals surface area contributed by atoms with E-state index in [9.17, 15) is 4.79 Å². The number of hydrogen-bond acceptors (Lipinski definition) is 3. The Balaban J connectivity index is 2.71. The first kappa shape index (κ1) is 12.6. The van der Waals surface area contributed by atoms with E-state index in [-0.39, 0.29) is 11.9 Å². The predicted molar refractivity (Wildman–Crippen MR) is 67.2 cm³/mol. The molecule has 1 unspecified atom stereocenters. The highest BCUT2D eigenvalue weighted by Crippen LogP contribution is 2.07. The number of nitrogens with zero attached hydrogens (tertiary/aromatic N) is 2. The van der Waals surface area contributed by atoms with Crippen LogP contribution >= 0.6 is 12.2 Å². The van der Waals surface area contributed by atoms with Gasteiger partial charge in [-0.1, -0.05) is 12.2 Å². The summed E-state index contributed by atoms with van der Waals surface area (Å²) in [5.41, 5.74) is 6.07. The maximum absolute atomic E-state index is 12.0. The third-order valence-electron chi connectivity index (χ3n) is 2.41. The summed E-state index contributed by atoms with van der Waals surface area (Å²) in [6.07, 6.45) is 3.72. The molecule has 0 aliphatic carbocycles. The fourth-order valence-electron chi connectivity index (χ4n) is 1.33. The SMILES string of the molecule is CC(CC(N)=S)N(C)C(=O)c1ccncc1. The zero-order chi connectivity index (χ0) is 12.1. The molecule has 1 aromatic heterocycles. The lowest BCUT2D eigenvalue weighted by Gasteiger charge is -2.24. The third-order valence-corrected chi connectivity index (χ3v) is 2.57. The second-order valence-electron chi connectivity index (χ2n) is 3.67. The number of hydrogen-bond donors (Lipinski definition) is 1. The van der Waals surface area contributed by atoms with Crippen LogP contribution in [0.25, 0.3) is 0 Å². The van der Waals surface area contributed by atoms with E-state index in [1.54, 1.807) is 36.5 Å². The van der Waals surface area contributed by atoms with E-state index >= 15 is 0 Å². The van der Waals surface area contributed by atoms with Crippen molar-refractivity contribution in [1.82, 2.24) is 9.88 Å². The standard InChI is InChI=1S/C11H15N3OS/c1-8(7-10(12)16)14(2)11(15)9-3-5-13-6-4-9/h3-6,8H,7H2,1-2H3,(H2,12,16). The summed E-state index contributed by atoms with van der Waals surface area (Å²) in [6, 6.07) is 3.37. The van der Waals surface area contributed by atoms with Gasteiger partial charge in [0.15, 0.2) is 0 Å². The summed E-state index contributed by atoms with van der Waals surface area (Å²) in [5, 5.41) is 0. The van der Waals surface area contributed by atoms with Crippen molar-refractivity contribution in [3.8, 4) is 0 Å². The van der Waals surface area contributed by atoms with Crippen LogP contribution < -0.4 is 5.73 Å². The summed E-state index contributed by atoms with van der Waals surface area (Å²) < 4.78 is 0. The van der Waals surface area contributed by atoms with Crippen molar-refractivity contribution in [2.75, 3.05) is 7.05 Å². The van der Waals surface area contributed by atoms with Crippen LogP contribution in [0, 0.1) is 0 Å². The van der Waals surface area contributed by atoms with E-state index < -0.39 is 0 Å². The molecule has 86 valence electrons. The minimum atomic E-state index is -0.0499. The summed E-state index contributed by atoms with van der Waals surface area (Å²) in [7, 11) is 1.74. The molecule has 1 heterocycles. The van der Waals surface area contributed by atoms with Crippen LogP contribution in [0.3, 0.4) is 0 Å². The number of pyridine rings is 1. The number of carbonyl (C=O) groups is 1. The summed E-state index contributed by atoms with van der Waals surface area (Å²) in [5.74, 6) is -0.0499. The molecule has 0 radical (unpaired) electrons. The lowest BCUT2D eigenvalue weighted by atomic mass is 10.1. The molecule has 0 saturated heterocycles. The van der Waals surface area contributed by atoms with Crippen molar-refractivity contribution in [2.24, 2.45) is 5.73 Å². The number of thiocarbonyl (C=S) groups is 1. The minimum absolute atomic E-state index is 0.00170. The largest absolute Gasteiger partial charge is 0.393 e. The smallest absolute Gasteiger partial charge is 0.253 e. The van der Waals surface area contributed by atoms with Crippen LogP contribution in [-0.4, -0.2) is 33.9 Å². The molecule has 0 fully saturated rings. The number of carbonyl (C=O) groups excluding carboxylic acids is 1. The molecule has 16 heavy (non-hydrogen) atoms. The molecular formula is C11H15N3OS. The van der Waals surface area contributed by atoms with Crippen LogP contribution in [0.2, 0.25) is 0 Å². The van der Waals surface area contributed by atoms with Crippen molar-refractivity contribution in [3.05, 3.63) is 30.1 Å². The quantitative estimate of drug-likeness (QED) is 0.800. The summed E-state index contributed by atoms with van der Waals surface area (Å²) in [4.78, 5) is 17.9. The molecule has 0 spiro atoms. The van der Waals surface area contributed by atoms with E-state index in [1.807, 2.05) is 6.92 Å². The van der Waals surface area contributed by atoms with Crippen molar-refractivity contribution in [3.63, 3.8) is 0 Å². The Morgan fingerprint density at radius 2 is 2.12 bits per heavy atom. The highest BCUT2D eigenvalue weighted by molar-refractivity contribution is 7.80. The van der Waals surface area contributed by atoms with Crippen LogP contribution in [0.4, 0.5) is 0 Å². The zero-order valence-corrected chi connectivity index (χ0v) is 10.2. The molecule has 1 amide bonds. The Kier molecular flexibility index (Phi) is 4.37. The molecule has 4 nitrogen and oxygen atoms in total. The summed E-state index contributed by atoms with van der Waals surface area (Å²) in [6.45, 7) is 1.91. The van der Waals surface area contributed by atoms with Gasteiger partial charge in [0, 0.05) is 37.5 Å². The molecule has 0 bridgehead atoms. The molecule has 1 atom stereocenters. The molecule has 1 aromatic rings. The van der Waals surface area contributed by atoms with Gasteiger partial charge in [0.25, 0.3) is 5.91 Å². The zero-order valence-electron chi connectivity index (χ0n) is 9.38. The Morgan fingerprint density at radius 3 is 2.62 bits per heavy atom. The van der Waals surface area contributed by atoms with Gasteiger partial charge in [-0.3, -0.25) is 9.78 Å². The molecule has 2 N–H and O–H groups in total. The fraction of sp³-hybridized carbons (Fsp3) is 0.364. The number of aromatic nitrogens is 1. The van der Waals surface area contributed by atoms with Crippen molar-refractivity contribution < 1.29 is 4.79 Å². The average Bonchev–Trinajstić information content (AvgIpc) is 2.27. The van der Waals surface area contributed by atoms with E-state index in [0.717, 1.165) is 0 Å². The number of nitrogens with two attached hydrogens (primary N) is 1. The van der Waals surface area contributed by atoms with Gasteiger partial charge in [-0.25, -0.2) is 0 Å². The van der Waals surface area contributed by atoms with E-state index in [2.05, 4.69) is 4.98 Å². The average molecular weight is 237 g/mol. The van der Waals surface area contributed by atoms with Gasteiger partial charge in [-0.2, -0.15) is 0 Å². The fourth-order valence-corrected chi connectivity index (χ4v) is 1.57. The second kappa shape index (κ2) is 5.55. The Labute approximate surface area is 100 Å². The van der Waals surface area contributed by atoms with E-state index in [4.69, 9.17) is 18.0 Å². The molecule has 0 aliphatic heterocycles. The maximum Gasteiger partial charge on any atom is 0.253 e. The van der Waals surface area contributed by atoms with Crippen LogP contribution in [0.15, 0.2) is 24.5 Å². The van der Waals surface area contributed by atoms with E-state index in [1.165, 1.54) is 0 Å². The van der Waals surface area contributed by atoms with Crippen LogP contribution in [0.1, 0.15) is 23.7 Å². The molecule has 1 rings (SSSR count). The van der Waals surface area contributed by atoms with Crippen LogP contribution in [-0.2, 0) is 0 Å². The normalized spacial score (nSPS) is 11.9. The topological polar surface area (TPSA) is 59.2 Å². The lowest BCUT2D eigenvalue weighted by molar-refractivity contribution is 0.0748. The third kappa shape index (κ3) is 3.27.